The molecular weight excluding hydrogens is 162 g/mol. The molecule has 0 spiro atoms. The highest BCUT2D eigenvalue weighted by Gasteiger charge is 2.02. The Morgan fingerprint density at radius 1 is 1.38 bits per heavy atom. The highest BCUT2D eigenvalue weighted by atomic mass is 16.5. The van der Waals surface area contributed by atoms with Gasteiger partial charge in [0.1, 0.15) is 12.4 Å². The third kappa shape index (κ3) is 2.12. The van der Waals surface area contributed by atoms with Gasteiger partial charge in [0, 0.05) is 5.56 Å². The molecule has 0 saturated carbocycles. The topological polar surface area (TPSA) is 35.2 Å². The molecule has 0 aromatic heterocycles. The van der Waals surface area contributed by atoms with E-state index < -0.39 is 0 Å². The quantitative estimate of drug-likeness (QED) is 0.563. The predicted octanol–water partition coefficient (Wildman–Crippen LogP) is 2.48. The number of hydrogen-bond donors (Lipinski definition) is 1. The number of rotatable bonds is 4. The van der Waals surface area contributed by atoms with E-state index in [9.17, 15) is 0 Å². The van der Waals surface area contributed by atoms with Crippen LogP contribution in [0.1, 0.15) is 5.56 Å². The van der Waals surface area contributed by atoms with Gasteiger partial charge in [0.25, 0.3) is 0 Å². The standard InChI is InChI=1S/C11H13NO/c1-3-8-13-11-9(4-2)6-5-7-10(11)12/h3-7H,1-2,8,12H2. The number of hydrogen-bond acceptors (Lipinski definition) is 2. The van der Waals surface area contributed by atoms with Crippen LogP contribution in [0.4, 0.5) is 5.69 Å². The van der Waals surface area contributed by atoms with Crippen LogP contribution in [0.15, 0.2) is 37.4 Å². The maximum absolute atomic E-state index is 5.73. The lowest BCUT2D eigenvalue weighted by Gasteiger charge is -2.09. The Hall–Kier alpha value is -1.70. The van der Waals surface area contributed by atoms with E-state index in [1.54, 1.807) is 18.2 Å². The second kappa shape index (κ2) is 4.36. The minimum Gasteiger partial charge on any atom is -0.487 e. The third-order valence-corrected chi connectivity index (χ3v) is 1.64. The monoisotopic (exact) mass is 175 g/mol. The van der Waals surface area contributed by atoms with Crippen LogP contribution in [-0.4, -0.2) is 6.61 Å². The summed E-state index contributed by atoms with van der Waals surface area (Å²) in [7, 11) is 0. The van der Waals surface area contributed by atoms with Crippen LogP contribution in [0.5, 0.6) is 5.75 Å². The summed E-state index contributed by atoms with van der Waals surface area (Å²) in [5.74, 6) is 0.678. The third-order valence-electron chi connectivity index (χ3n) is 1.64. The summed E-state index contributed by atoms with van der Waals surface area (Å²) < 4.78 is 5.39. The van der Waals surface area contributed by atoms with Gasteiger partial charge in [-0.05, 0) is 6.07 Å². The zero-order valence-corrected chi connectivity index (χ0v) is 7.49. The van der Waals surface area contributed by atoms with E-state index in [-0.39, 0.29) is 0 Å². The molecule has 0 aliphatic rings. The maximum Gasteiger partial charge on any atom is 0.149 e. The van der Waals surface area contributed by atoms with Gasteiger partial charge >= 0.3 is 0 Å². The maximum atomic E-state index is 5.73. The molecule has 0 saturated heterocycles. The van der Waals surface area contributed by atoms with Crippen molar-refractivity contribution in [1.82, 2.24) is 0 Å². The normalized spacial score (nSPS) is 9.23. The van der Waals surface area contributed by atoms with Crippen molar-refractivity contribution in [2.24, 2.45) is 0 Å². The molecule has 68 valence electrons. The Kier molecular flexibility index (Phi) is 3.15. The van der Waals surface area contributed by atoms with Gasteiger partial charge in [-0.3, -0.25) is 0 Å². The van der Waals surface area contributed by atoms with Crippen molar-refractivity contribution in [2.45, 2.75) is 0 Å². The lowest BCUT2D eigenvalue weighted by atomic mass is 10.2. The lowest BCUT2D eigenvalue weighted by Crippen LogP contribution is -1.99. The zero-order chi connectivity index (χ0) is 9.68. The molecule has 13 heavy (non-hydrogen) atoms. The molecule has 1 aromatic rings. The molecule has 0 heterocycles. The smallest absolute Gasteiger partial charge is 0.149 e. The highest BCUT2D eigenvalue weighted by Crippen LogP contribution is 2.26. The SMILES string of the molecule is C=CCOc1c(N)cccc1C=C. The Morgan fingerprint density at radius 2 is 2.15 bits per heavy atom. The first-order valence-electron chi connectivity index (χ1n) is 4.04. The Labute approximate surface area is 78.3 Å². The summed E-state index contributed by atoms with van der Waals surface area (Å²) in [4.78, 5) is 0. The molecule has 2 heteroatoms. The molecular formula is C11H13NO. The summed E-state index contributed by atoms with van der Waals surface area (Å²) in [6, 6.07) is 5.57. The fourth-order valence-electron chi connectivity index (χ4n) is 1.04. The summed E-state index contributed by atoms with van der Waals surface area (Å²) >= 11 is 0. The van der Waals surface area contributed by atoms with Gasteiger partial charge in [-0.2, -0.15) is 0 Å². The van der Waals surface area contributed by atoms with Crippen LogP contribution in [0.25, 0.3) is 6.08 Å². The van der Waals surface area contributed by atoms with Crippen LogP contribution in [0.3, 0.4) is 0 Å². The Balaban J connectivity index is 2.99. The van der Waals surface area contributed by atoms with Gasteiger partial charge in [-0.15, -0.1) is 0 Å². The second-order valence-corrected chi connectivity index (χ2v) is 2.57. The second-order valence-electron chi connectivity index (χ2n) is 2.57. The number of ether oxygens (including phenoxy) is 1. The van der Waals surface area contributed by atoms with Gasteiger partial charge in [0.05, 0.1) is 5.69 Å². The number of nitrogen functional groups attached to an aromatic ring is 1. The molecule has 0 aliphatic carbocycles. The van der Waals surface area contributed by atoms with E-state index in [4.69, 9.17) is 10.5 Å². The van der Waals surface area contributed by atoms with Gasteiger partial charge in [0.2, 0.25) is 0 Å². The molecule has 0 atom stereocenters. The summed E-state index contributed by atoms with van der Waals surface area (Å²) in [5.41, 5.74) is 7.26. The Bertz CT molecular complexity index is 318. The van der Waals surface area contributed by atoms with Gasteiger partial charge < -0.3 is 10.5 Å². The number of anilines is 1. The zero-order valence-electron chi connectivity index (χ0n) is 7.49. The minimum atomic E-state index is 0.453. The number of para-hydroxylation sites is 1. The van der Waals surface area contributed by atoms with Crippen molar-refractivity contribution in [1.29, 1.82) is 0 Å². The van der Waals surface area contributed by atoms with Crippen molar-refractivity contribution >= 4 is 11.8 Å². The highest BCUT2D eigenvalue weighted by molar-refractivity contribution is 5.66. The van der Waals surface area contributed by atoms with Crippen LogP contribution in [0, 0.1) is 0 Å². The van der Waals surface area contributed by atoms with E-state index in [1.165, 1.54) is 0 Å². The molecule has 0 bridgehead atoms. The van der Waals surface area contributed by atoms with Gasteiger partial charge in [0.15, 0.2) is 0 Å². The van der Waals surface area contributed by atoms with Crippen molar-refractivity contribution in [2.75, 3.05) is 12.3 Å². The predicted molar refractivity (Wildman–Crippen MR) is 56.6 cm³/mol. The van der Waals surface area contributed by atoms with Crippen LogP contribution < -0.4 is 10.5 Å². The minimum absolute atomic E-state index is 0.453. The fourth-order valence-corrected chi connectivity index (χ4v) is 1.04. The molecule has 1 aromatic carbocycles. The van der Waals surface area contributed by atoms with Gasteiger partial charge in [-0.1, -0.05) is 37.4 Å². The summed E-state index contributed by atoms with van der Waals surface area (Å²) in [6.45, 7) is 7.70. The van der Waals surface area contributed by atoms with Crippen LogP contribution in [-0.2, 0) is 0 Å². The van der Waals surface area contributed by atoms with Crippen LogP contribution >= 0.6 is 0 Å². The summed E-state index contributed by atoms with van der Waals surface area (Å²) in [6.07, 6.45) is 3.40. The number of benzene rings is 1. The lowest BCUT2D eigenvalue weighted by molar-refractivity contribution is 0.364. The molecule has 0 radical (unpaired) electrons. The van der Waals surface area contributed by atoms with Crippen LogP contribution in [0.2, 0.25) is 0 Å². The van der Waals surface area contributed by atoms with E-state index in [2.05, 4.69) is 13.2 Å². The Morgan fingerprint density at radius 3 is 2.77 bits per heavy atom. The van der Waals surface area contributed by atoms with E-state index in [0.717, 1.165) is 5.56 Å². The molecule has 1 rings (SSSR count). The van der Waals surface area contributed by atoms with Crippen molar-refractivity contribution in [3.63, 3.8) is 0 Å². The first-order valence-corrected chi connectivity index (χ1v) is 4.04. The van der Waals surface area contributed by atoms with E-state index in [0.29, 0.717) is 18.0 Å². The first kappa shape index (κ1) is 9.39. The summed E-state index contributed by atoms with van der Waals surface area (Å²) in [5, 5.41) is 0. The van der Waals surface area contributed by atoms with Crippen molar-refractivity contribution < 1.29 is 4.74 Å². The molecule has 2 nitrogen and oxygen atoms in total. The average Bonchev–Trinajstić information content (AvgIpc) is 2.15. The molecule has 0 aliphatic heterocycles. The largest absolute Gasteiger partial charge is 0.487 e. The molecule has 2 N–H and O–H groups in total. The van der Waals surface area contributed by atoms with E-state index in [1.807, 2.05) is 12.1 Å². The fraction of sp³-hybridized carbons (Fsp3) is 0.0909. The number of nitrogens with two attached hydrogens (primary N) is 1. The van der Waals surface area contributed by atoms with Crippen molar-refractivity contribution in [3.05, 3.63) is 43.0 Å². The van der Waals surface area contributed by atoms with Gasteiger partial charge in [-0.25, -0.2) is 0 Å². The van der Waals surface area contributed by atoms with E-state index >= 15 is 0 Å². The average molecular weight is 175 g/mol. The molecule has 0 amide bonds. The van der Waals surface area contributed by atoms with Crippen molar-refractivity contribution in [3.8, 4) is 5.75 Å². The first-order chi connectivity index (χ1) is 6.29. The molecule has 0 unspecified atom stereocenters. The molecule has 0 fully saturated rings.